The summed E-state index contributed by atoms with van der Waals surface area (Å²) in [7, 11) is 0. The molecule has 6 heteroatoms. The van der Waals surface area contributed by atoms with Gasteiger partial charge in [0.2, 0.25) is 0 Å². The van der Waals surface area contributed by atoms with Gasteiger partial charge in [-0.15, -0.1) is 0 Å². The van der Waals surface area contributed by atoms with Gasteiger partial charge >= 0.3 is 0 Å². The van der Waals surface area contributed by atoms with Crippen molar-refractivity contribution in [3.8, 4) is 79.1 Å². The second kappa shape index (κ2) is 14.3. The maximum atomic E-state index is 5.20. The highest BCUT2D eigenvalue weighted by molar-refractivity contribution is 5.89. The fourth-order valence-electron chi connectivity index (χ4n) is 7.09. The number of benzene rings is 6. The SMILES string of the molecule is c1ccc(-c2cccc(-c3nc(-c4ccc(-c5ccccn5)cc4)nc(-c4cc(-c5cc6ccccc6cn5)cc(-c5cc6ccccc6cn5)c4)n3)c2)cc1. The minimum Gasteiger partial charge on any atom is -0.256 e. The molecule has 4 aromatic heterocycles. The standard InChI is InChI=1S/C50H32N6/c1-2-11-33(12-3-1)36-17-10-18-39(25-36)49-54-48(35-22-20-34(21-23-35)45-19-8-9-24-51-45)55-50(56-49)44-27-42(46-29-37-13-4-6-15-40(37)31-52-46)26-43(28-44)47-30-38-14-5-7-16-41(38)32-53-47/h1-32H. The van der Waals surface area contributed by atoms with E-state index in [9.17, 15) is 0 Å². The van der Waals surface area contributed by atoms with Gasteiger partial charge < -0.3 is 0 Å². The first-order chi connectivity index (χ1) is 27.7. The Labute approximate surface area is 324 Å². The van der Waals surface area contributed by atoms with Crippen molar-refractivity contribution in [2.24, 2.45) is 0 Å². The van der Waals surface area contributed by atoms with E-state index < -0.39 is 0 Å². The number of nitrogens with zero attached hydrogens (tertiary/aromatic N) is 6. The third-order valence-electron chi connectivity index (χ3n) is 10.0. The summed E-state index contributed by atoms with van der Waals surface area (Å²) in [6.07, 6.45) is 5.66. The minimum atomic E-state index is 0.550. The predicted molar refractivity (Wildman–Crippen MR) is 226 cm³/mol. The first-order valence-corrected chi connectivity index (χ1v) is 18.5. The largest absolute Gasteiger partial charge is 0.256 e. The quantitative estimate of drug-likeness (QED) is 0.163. The third-order valence-corrected chi connectivity index (χ3v) is 10.0. The molecule has 0 spiro atoms. The fraction of sp³-hybridized carbons (Fsp3) is 0. The van der Waals surface area contributed by atoms with E-state index in [2.05, 4.69) is 132 Å². The van der Waals surface area contributed by atoms with Gasteiger partial charge in [0.05, 0.1) is 17.1 Å². The van der Waals surface area contributed by atoms with Crippen LogP contribution < -0.4 is 0 Å². The van der Waals surface area contributed by atoms with Crippen LogP contribution in [0.15, 0.2) is 195 Å². The summed E-state index contributed by atoms with van der Waals surface area (Å²) in [4.78, 5) is 29.9. The molecule has 10 aromatic rings. The van der Waals surface area contributed by atoms with Crippen LogP contribution in [-0.4, -0.2) is 29.9 Å². The molecule has 0 aliphatic rings. The molecule has 56 heavy (non-hydrogen) atoms. The molecule has 0 N–H and O–H groups in total. The Morgan fingerprint density at radius 1 is 0.250 bits per heavy atom. The van der Waals surface area contributed by atoms with Crippen LogP contribution in [0.5, 0.6) is 0 Å². The lowest BCUT2D eigenvalue weighted by atomic mass is 9.98. The van der Waals surface area contributed by atoms with Gasteiger partial charge in [-0.1, -0.05) is 127 Å². The highest BCUT2D eigenvalue weighted by Gasteiger charge is 2.17. The summed E-state index contributed by atoms with van der Waals surface area (Å²) in [6, 6.07) is 60.1. The van der Waals surface area contributed by atoms with E-state index in [1.807, 2.05) is 60.9 Å². The van der Waals surface area contributed by atoms with E-state index in [1.54, 1.807) is 6.20 Å². The van der Waals surface area contributed by atoms with Crippen molar-refractivity contribution >= 4 is 21.5 Å². The van der Waals surface area contributed by atoms with E-state index in [0.717, 1.165) is 83.1 Å². The molecule has 0 atom stereocenters. The van der Waals surface area contributed by atoms with Crippen molar-refractivity contribution in [1.82, 2.24) is 29.9 Å². The minimum absolute atomic E-state index is 0.550. The van der Waals surface area contributed by atoms with Gasteiger partial charge in [0, 0.05) is 62.7 Å². The lowest BCUT2D eigenvalue weighted by molar-refractivity contribution is 1.07. The van der Waals surface area contributed by atoms with Gasteiger partial charge in [-0.05, 0) is 70.4 Å². The van der Waals surface area contributed by atoms with Crippen LogP contribution in [0.3, 0.4) is 0 Å². The van der Waals surface area contributed by atoms with Crippen LogP contribution in [0.1, 0.15) is 0 Å². The van der Waals surface area contributed by atoms with Crippen LogP contribution >= 0.6 is 0 Å². The molecule has 10 rings (SSSR count). The molecule has 0 amide bonds. The maximum absolute atomic E-state index is 5.20. The molecule has 262 valence electrons. The zero-order valence-corrected chi connectivity index (χ0v) is 30.2. The first-order valence-electron chi connectivity index (χ1n) is 18.5. The number of fused-ring (bicyclic) bond motifs is 2. The second-order valence-electron chi connectivity index (χ2n) is 13.7. The van der Waals surface area contributed by atoms with Crippen molar-refractivity contribution < 1.29 is 0 Å². The lowest BCUT2D eigenvalue weighted by Gasteiger charge is -2.13. The molecule has 0 bridgehead atoms. The van der Waals surface area contributed by atoms with E-state index in [0.29, 0.717) is 17.5 Å². The highest BCUT2D eigenvalue weighted by atomic mass is 15.0. The third kappa shape index (κ3) is 6.57. The molecule has 0 fully saturated rings. The van der Waals surface area contributed by atoms with E-state index in [-0.39, 0.29) is 0 Å². The molecule has 6 aromatic carbocycles. The molecular weight excluding hydrogens is 685 g/mol. The van der Waals surface area contributed by atoms with Crippen LogP contribution in [0, 0.1) is 0 Å². The number of aromatic nitrogens is 6. The molecule has 0 aliphatic heterocycles. The highest BCUT2D eigenvalue weighted by Crippen LogP contribution is 2.35. The van der Waals surface area contributed by atoms with Gasteiger partial charge in [0.15, 0.2) is 17.5 Å². The summed E-state index contributed by atoms with van der Waals surface area (Å²) in [5, 5.41) is 4.40. The Bertz CT molecular complexity index is 2920. The van der Waals surface area contributed by atoms with Crippen molar-refractivity contribution in [2.45, 2.75) is 0 Å². The molecule has 4 heterocycles. The van der Waals surface area contributed by atoms with Crippen molar-refractivity contribution in [1.29, 1.82) is 0 Å². The zero-order valence-electron chi connectivity index (χ0n) is 30.2. The Hall–Kier alpha value is -7.70. The second-order valence-corrected chi connectivity index (χ2v) is 13.7. The Morgan fingerprint density at radius 3 is 1.36 bits per heavy atom. The normalized spacial score (nSPS) is 11.2. The fourth-order valence-corrected chi connectivity index (χ4v) is 7.09. The van der Waals surface area contributed by atoms with Crippen molar-refractivity contribution in [3.05, 3.63) is 195 Å². The molecule has 0 saturated carbocycles. The van der Waals surface area contributed by atoms with E-state index in [4.69, 9.17) is 24.9 Å². The Morgan fingerprint density at radius 2 is 0.732 bits per heavy atom. The van der Waals surface area contributed by atoms with Gasteiger partial charge in [-0.2, -0.15) is 0 Å². The number of rotatable bonds is 7. The summed E-state index contributed by atoms with van der Waals surface area (Å²) in [5.41, 5.74) is 10.3. The molecule has 0 unspecified atom stereocenters. The smallest absolute Gasteiger partial charge is 0.164 e. The summed E-state index contributed by atoms with van der Waals surface area (Å²) < 4.78 is 0. The van der Waals surface area contributed by atoms with Crippen molar-refractivity contribution in [2.75, 3.05) is 0 Å². The van der Waals surface area contributed by atoms with Gasteiger partial charge in [-0.25, -0.2) is 15.0 Å². The number of pyridine rings is 3. The Kier molecular flexibility index (Phi) is 8.39. The van der Waals surface area contributed by atoms with Crippen LogP contribution in [0.4, 0.5) is 0 Å². The topological polar surface area (TPSA) is 77.3 Å². The number of hydrogen-bond donors (Lipinski definition) is 0. The van der Waals surface area contributed by atoms with Gasteiger partial charge in [0.1, 0.15) is 0 Å². The number of hydrogen-bond acceptors (Lipinski definition) is 6. The average Bonchev–Trinajstić information content (AvgIpc) is 3.29. The van der Waals surface area contributed by atoms with E-state index in [1.165, 1.54) is 0 Å². The summed E-state index contributed by atoms with van der Waals surface area (Å²) >= 11 is 0. The van der Waals surface area contributed by atoms with Crippen LogP contribution in [-0.2, 0) is 0 Å². The van der Waals surface area contributed by atoms with Crippen LogP contribution in [0.2, 0.25) is 0 Å². The molecular formula is C50H32N6. The maximum Gasteiger partial charge on any atom is 0.164 e. The molecule has 6 nitrogen and oxygen atoms in total. The molecule has 0 radical (unpaired) electrons. The Balaban J connectivity index is 1.17. The molecule has 0 aliphatic carbocycles. The van der Waals surface area contributed by atoms with Gasteiger partial charge in [0.25, 0.3) is 0 Å². The first kappa shape index (κ1) is 32.9. The van der Waals surface area contributed by atoms with Crippen LogP contribution in [0.25, 0.3) is 101 Å². The molecule has 0 saturated heterocycles. The van der Waals surface area contributed by atoms with Gasteiger partial charge in [-0.3, -0.25) is 15.0 Å². The summed E-state index contributed by atoms with van der Waals surface area (Å²) in [5.74, 6) is 1.70. The summed E-state index contributed by atoms with van der Waals surface area (Å²) in [6.45, 7) is 0. The average molecular weight is 717 g/mol. The monoisotopic (exact) mass is 716 g/mol. The lowest BCUT2D eigenvalue weighted by Crippen LogP contribution is -2.01. The van der Waals surface area contributed by atoms with Crippen molar-refractivity contribution in [3.63, 3.8) is 0 Å². The van der Waals surface area contributed by atoms with E-state index >= 15 is 0 Å². The zero-order chi connectivity index (χ0) is 37.3. The predicted octanol–water partition coefficient (Wildman–Crippen LogP) is 12.0.